The van der Waals surface area contributed by atoms with Gasteiger partial charge in [-0.3, -0.25) is 4.79 Å². The van der Waals surface area contributed by atoms with Gasteiger partial charge in [0.1, 0.15) is 5.60 Å². The van der Waals surface area contributed by atoms with E-state index in [1.54, 1.807) is 18.2 Å². The normalized spacial score (nSPS) is 13.5. The molecule has 0 spiro atoms. The Hall–Kier alpha value is -1.84. The van der Waals surface area contributed by atoms with Crippen molar-refractivity contribution in [3.8, 4) is 0 Å². The van der Waals surface area contributed by atoms with Gasteiger partial charge >= 0.3 is 0 Å². The number of aryl methyl sites for hydroxylation is 1. The number of hydrogen-bond acceptors (Lipinski definition) is 2. The predicted molar refractivity (Wildman–Crippen MR) is 85.6 cm³/mol. The molecule has 0 heterocycles. The minimum atomic E-state index is -1.50. The number of anilines is 1. The van der Waals surface area contributed by atoms with Crippen molar-refractivity contribution in [2.75, 3.05) is 5.32 Å². The lowest BCUT2D eigenvalue weighted by Crippen LogP contribution is -2.42. The molecule has 0 radical (unpaired) electrons. The van der Waals surface area contributed by atoms with Crippen molar-refractivity contribution in [1.82, 2.24) is 0 Å². The van der Waals surface area contributed by atoms with Crippen LogP contribution < -0.4 is 5.32 Å². The molecule has 2 aromatic carbocycles. The quantitative estimate of drug-likeness (QED) is 0.907. The maximum absolute atomic E-state index is 12.2. The monoisotopic (exact) mass is 303 g/mol. The number of amides is 1. The zero-order valence-electron chi connectivity index (χ0n) is 12.1. The molecule has 0 bridgehead atoms. The minimum Gasteiger partial charge on any atom is -0.380 e. The molecule has 0 saturated heterocycles. The van der Waals surface area contributed by atoms with E-state index in [1.165, 1.54) is 6.92 Å². The van der Waals surface area contributed by atoms with Gasteiger partial charge in [0.15, 0.2) is 0 Å². The summed E-state index contributed by atoms with van der Waals surface area (Å²) in [6.45, 7) is 3.47. The molecule has 21 heavy (non-hydrogen) atoms. The summed E-state index contributed by atoms with van der Waals surface area (Å²) in [5, 5.41) is 13.7. The van der Waals surface area contributed by atoms with Crippen molar-refractivity contribution < 1.29 is 9.90 Å². The van der Waals surface area contributed by atoms with E-state index in [2.05, 4.69) is 5.32 Å². The summed E-state index contributed by atoms with van der Waals surface area (Å²) < 4.78 is 0. The van der Waals surface area contributed by atoms with Gasteiger partial charge in [-0.05, 0) is 43.7 Å². The van der Waals surface area contributed by atoms with Crippen LogP contribution in [-0.2, 0) is 11.2 Å². The summed E-state index contributed by atoms with van der Waals surface area (Å²) in [4.78, 5) is 12.2. The van der Waals surface area contributed by atoms with Gasteiger partial charge in [-0.25, -0.2) is 0 Å². The molecule has 0 aliphatic carbocycles. The van der Waals surface area contributed by atoms with E-state index in [0.717, 1.165) is 11.1 Å². The number of carbonyl (C=O) groups is 1. The Labute approximate surface area is 129 Å². The molecule has 1 atom stereocenters. The summed E-state index contributed by atoms with van der Waals surface area (Å²) in [5.74, 6) is -0.439. The van der Waals surface area contributed by atoms with Crippen molar-refractivity contribution in [2.24, 2.45) is 0 Å². The predicted octanol–water partition coefficient (Wildman–Crippen LogP) is 3.58. The van der Waals surface area contributed by atoms with E-state index < -0.39 is 11.5 Å². The highest BCUT2D eigenvalue weighted by atomic mass is 35.5. The number of carbonyl (C=O) groups excluding carboxylic acids is 1. The van der Waals surface area contributed by atoms with Crippen molar-refractivity contribution in [3.05, 3.63) is 64.7 Å². The number of hydrogen-bond donors (Lipinski definition) is 2. The van der Waals surface area contributed by atoms with Gasteiger partial charge in [0.05, 0.1) is 0 Å². The van der Waals surface area contributed by atoms with Crippen LogP contribution in [0.15, 0.2) is 48.5 Å². The highest BCUT2D eigenvalue weighted by molar-refractivity contribution is 6.30. The highest BCUT2D eigenvalue weighted by Gasteiger charge is 2.30. The molecule has 3 nitrogen and oxygen atoms in total. The van der Waals surface area contributed by atoms with Gasteiger partial charge in [-0.15, -0.1) is 0 Å². The first-order valence-electron chi connectivity index (χ1n) is 6.72. The zero-order valence-corrected chi connectivity index (χ0v) is 12.8. The van der Waals surface area contributed by atoms with Crippen LogP contribution in [0.1, 0.15) is 18.1 Å². The van der Waals surface area contributed by atoms with Crippen LogP contribution in [0.5, 0.6) is 0 Å². The average molecular weight is 304 g/mol. The topological polar surface area (TPSA) is 49.3 Å². The third-order valence-electron chi connectivity index (χ3n) is 3.24. The van der Waals surface area contributed by atoms with Crippen molar-refractivity contribution >= 4 is 23.2 Å². The second-order valence-electron chi connectivity index (χ2n) is 5.40. The standard InChI is InChI=1S/C17H18ClNO2/c1-12-6-8-15(9-7-12)19-16(20)17(2,21)11-13-4-3-5-14(18)10-13/h3-10,21H,11H2,1-2H3,(H,19,20). The van der Waals surface area contributed by atoms with E-state index in [1.807, 2.05) is 37.3 Å². The molecule has 0 aromatic heterocycles. The van der Waals surface area contributed by atoms with Gasteiger partial charge in [0.2, 0.25) is 0 Å². The van der Waals surface area contributed by atoms with E-state index in [4.69, 9.17) is 11.6 Å². The SMILES string of the molecule is Cc1ccc(NC(=O)C(C)(O)Cc2cccc(Cl)c2)cc1. The highest BCUT2D eigenvalue weighted by Crippen LogP contribution is 2.19. The van der Waals surface area contributed by atoms with Crippen molar-refractivity contribution in [3.63, 3.8) is 0 Å². The summed E-state index contributed by atoms with van der Waals surface area (Å²) in [5.41, 5.74) is 1.08. The van der Waals surface area contributed by atoms with E-state index in [9.17, 15) is 9.90 Å². The molecule has 4 heteroatoms. The Balaban J connectivity index is 2.07. The van der Waals surface area contributed by atoms with Gasteiger partial charge < -0.3 is 10.4 Å². The first-order valence-corrected chi connectivity index (χ1v) is 7.09. The fourth-order valence-electron chi connectivity index (χ4n) is 2.03. The first-order chi connectivity index (χ1) is 9.87. The molecule has 1 amide bonds. The Kier molecular flexibility index (Phi) is 4.66. The van der Waals surface area contributed by atoms with Crippen LogP contribution in [0.2, 0.25) is 5.02 Å². The Morgan fingerprint density at radius 1 is 1.24 bits per heavy atom. The summed E-state index contributed by atoms with van der Waals surface area (Å²) in [7, 11) is 0. The first kappa shape index (κ1) is 15.5. The smallest absolute Gasteiger partial charge is 0.256 e. The zero-order chi connectivity index (χ0) is 15.5. The van der Waals surface area contributed by atoms with E-state index in [-0.39, 0.29) is 6.42 Å². The second kappa shape index (κ2) is 6.29. The summed E-state index contributed by atoms with van der Waals surface area (Å²) >= 11 is 5.92. The molecule has 0 fully saturated rings. The molecule has 2 aromatic rings. The Morgan fingerprint density at radius 2 is 1.90 bits per heavy atom. The maximum atomic E-state index is 12.2. The Bertz CT molecular complexity index is 635. The number of rotatable bonds is 4. The maximum Gasteiger partial charge on any atom is 0.256 e. The number of benzene rings is 2. The van der Waals surface area contributed by atoms with Gasteiger partial charge in [-0.2, -0.15) is 0 Å². The molecule has 0 saturated carbocycles. The van der Waals surface area contributed by atoms with E-state index in [0.29, 0.717) is 10.7 Å². The minimum absolute atomic E-state index is 0.200. The van der Waals surface area contributed by atoms with Gasteiger partial charge in [0.25, 0.3) is 5.91 Å². The molecule has 110 valence electrons. The van der Waals surface area contributed by atoms with Gasteiger partial charge in [-0.1, -0.05) is 41.4 Å². The summed E-state index contributed by atoms with van der Waals surface area (Å²) in [6.07, 6.45) is 0.200. The lowest BCUT2D eigenvalue weighted by atomic mass is 9.95. The lowest BCUT2D eigenvalue weighted by Gasteiger charge is -2.22. The number of nitrogens with one attached hydrogen (secondary N) is 1. The van der Waals surface area contributed by atoms with Crippen molar-refractivity contribution in [2.45, 2.75) is 25.9 Å². The average Bonchev–Trinajstić information content (AvgIpc) is 2.41. The van der Waals surface area contributed by atoms with Crippen LogP contribution in [0.25, 0.3) is 0 Å². The van der Waals surface area contributed by atoms with Crippen LogP contribution in [0.3, 0.4) is 0 Å². The third-order valence-corrected chi connectivity index (χ3v) is 3.47. The van der Waals surface area contributed by atoms with Gasteiger partial charge in [0, 0.05) is 17.1 Å². The molecular weight excluding hydrogens is 286 g/mol. The molecule has 1 unspecified atom stereocenters. The largest absolute Gasteiger partial charge is 0.380 e. The summed E-state index contributed by atoms with van der Waals surface area (Å²) in [6, 6.07) is 14.6. The Morgan fingerprint density at radius 3 is 2.52 bits per heavy atom. The second-order valence-corrected chi connectivity index (χ2v) is 5.84. The van der Waals surface area contributed by atoms with Crippen molar-refractivity contribution in [1.29, 1.82) is 0 Å². The molecule has 2 rings (SSSR count). The van der Waals surface area contributed by atoms with Crippen LogP contribution in [0, 0.1) is 6.92 Å². The molecule has 0 aliphatic heterocycles. The molecular formula is C17H18ClNO2. The fourth-order valence-corrected chi connectivity index (χ4v) is 2.24. The third kappa shape index (κ3) is 4.31. The van der Waals surface area contributed by atoms with Crippen LogP contribution in [-0.4, -0.2) is 16.6 Å². The number of halogens is 1. The fraction of sp³-hybridized carbons (Fsp3) is 0.235. The van der Waals surface area contributed by atoms with Crippen LogP contribution in [0.4, 0.5) is 5.69 Å². The lowest BCUT2D eigenvalue weighted by molar-refractivity contribution is -0.132. The molecule has 0 aliphatic rings. The molecule has 2 N–H and O–H groups in total. The number of aliphatic hydroxyl groups is 1. The van der Waals surface area contributed by atoms with E-state index >= 15 is 0 Å². The van der Waals surface area contributed by atoms with Crippen LogP contribution >= 0.6 is 11.6 Å².